The van der Waals surface area contributed by atoms with Gasteiger partial charge in [-0.1, -0.05) is 25.1 Å². The quantitative estimate of drug-likeness (QED) is 0.369. The van der Waals surface area contributed by atoms with Crippen molar-refractivity contribution in [2.75, 3.05) is 5.75 Å². The Hall–Kier alpha value is -1.36. The van der Waals surface area contributed by atoms with E-state index in [0.29, 0.717) is 5.17 Å². The van der Waals surface area contributed by atoms with E-state index in [2.05, 4.69) is 22.1 Å². The van der Waals surface area contributed by atoms with Gasteiger partial charge in [0.25, 0.3) is 0 Å². The van der Waals surface area contributed by atoms with Gasteiger partial charge < -0.3 is 5.73 Å². The van der Waals surface area contributed by atoms with Gasteiger partial charge in [-0.15, -0.1) is 5.10 Å². The predicted octanol–water partition coefficient (Wildman–Crippen LogP) is 2.26. The lowest BCUT2D eigenvalue weighted by atomic mass is 10.3. The molecule has 0 saturated carbocycles. The van der Waals surface area contributed by atoms with Crippen LogP contribution in [0.15, 0.2) is 34.7 Å². The number of rotatable bonds is 5. The number of nitrogens with zero attached hydrogens (tertiary/aromatic N) is 3. The predicted molar refractivity (Wildman–Crippen MR) is 70.8 cm³/mol. The van der Waals surface area contributed by atoms with E-state index in [9.17, 15) is 0 Å². The Labute approximate surface area is 100 Å². The average molecular weight is 236 g/mol. The molecule has 0 aliphatic carbocycles. The van der Waals surface area contributed by atoms with Crippen LogP contribution in [-0.4, -0.2) is 22.1 Å². The molecule has 1 rings (SSSR count). The normalized spacial score (nSPS) is 12.2. The van der Waals surface area contributed by atoms with E-state index >= 15 is 0 Å². The van der Waals surface area contributed by atoms with Crippen molar-refractivity contribution < 1.29 is 0 Å². The van der Waals surface area contributed by atoms with Gasteiger partial charge in [0.15, 0.2) is 5.17 Å². The Morgan fingerprint density at radius 3 is 2.94 bits per heavy atom. The summed E-state index contributed by atoms with van der Waals surface area (Å²) >= 11 is 1.54. The molecule has 1 aromatic rings. The standard InChI is InChI=1S/C11H16N4S/c1-2-3-8-16-11(12)15-14-9-10-4-6-13-7-5-10/h4-7,9H,2-3,8H2,1H3,(H2,12,15)/b14-9+. The van der Waals surface area contributed by atoms with Gasteiger partial charge in [0.2, 0.25) is 0 Å². The highest BCUT2D eigenvalue weighted by atomic mass is 32.2. The molecule has 1 heterocycles. The molecule has 0 atom stereocenters. The number of unbranched alkanes of at least 4 members (excludes halogenated alkanes) is 1. The maximum Gasteiger partial charge on any atom is 0.180 e. The van der Waals surface area contributed by atoms with Gasteiger partial charge in [-0.3, -0.25) is 4.98 Å². The van der Waals surface area contributed by atoms with Crippen molar-refractivity contribution in [3.8, 4) is 0 Å². The van der Waals surface area contributed by atoms with Crippen molar-refractivity contribution >= 4 is 23.1 Å². The molecule has 0 radical (unpaired) electrons. The second-order valence-corrected chi connectivity index (χ2v) is 4.28. The molecule has 86 valence electrons. The Kier molecular flexibility index (Phi) is 6.25. The summed E-state index contributed by atoms with van der Waals surface area (Å²) < 4.78 is 0. The Morgan fingerprint density at radius 1 is 1.50 bits per heavy atom. The van der Waals surface area contributed by atoms with E-state index in [-0.39, 0.29) is 0 Å². The summed E-state index contributed by atoms with van der Waals surface area (Å²) in [6.07, 6.45) is 7.40. The third-order valence-corrected chi connectivity index (χ3v) is 2.69. The number of hydrogen-bond acceptors (Lipinski definition) is 4. The maximum atomic E-state index is 5.67. The lowest BCUT2D eigenvalue weighted by Crippen LogP contribution is -2.06. The zero-order chi connectivity index (χ0) is 11.6. The fraction of sp³-hybridized carbons (Fsp3) is 0.364. The summed E-state index contributed by atoms with van der Waals surface area (Å²) in [6.45, 7) is 2.15. The molecule has 0 bridgehead atoms. The minimum atomic E-state index is 0.513. The molecule has 4 nitrogen and oxygen atoms in total. The van der Waals surface area contributed by atoms with Gasteiger partial charge in [-0.05, 0) is 24.1 Å². The number of hydrogen-bond donors (Lipinski definition) is 1. The number of aromatic nitrogens is 1. The van der Waals surface area contributed by atoms with Crippen LogP contribution in [0.25, 0.3) is 0 Å². The van der Waals surface area contributed by atoms with Gasteiger partial charge in [0.1, 0.15) is 0 Å². The minimum absolute atomic E-state index is 0.513. The summed E-state index contributed by atoms with van der Waals surface area (Å²) in [4.78, 5) is 3.91. The third kappa shape index (κ3) is 5.50. The van der Waals surface area contributed by atoms with E-state index in [1.807, 2.05) is 12.1 Å². The number of pyridine rings is 1. The molecule has 0 aliphatic heterocycles. The van der Waals surface area contributed by atoms with E-state index in [4.69, 9.17) is 5.73 Å². The SMILES string of the molecule is CCCCS/C(N)=N\N=C\c1ccncc1. The largest absolute Gasteiger partial charge is 0.377 e. The van der Waals surface area contributed by atoms with Crippen LogP contribution in [-0.2, 0) is 0 Å². The van der Waals surface area contributed by atoms with Gasteiger partial charge in [0.05, 0.1) is 6.21 Å². The summed E-state index contributed by atoms with van der Waals surface area (Å²) in [7, 11) is 0. The zero-order valence-electron chi connectivity index (χ0n) is 9.34. The van der Waals surface area contributed by atoms with Crippen LogP contribution in [0.3, 0.4) is 0 Å². The van der Waals surface area contributed by atoms with Crippen LogP contribution in [0.1, 0.15) is 25.3 Å². The van der Waals surface area contributed by atoms with Crippen LogP contribution >= 0.6 is 11.8 Å². The van der Waals surface area contributed by atoms with Gasteiger partial charge in [-0.25, -0.2) is 0 Å². The highest BCUT2D eigenvalue weighted by Crippen LogP contribution is 2.04. The van der Waals surface area contributed by atoms with E-state index < -0.39 is 0 Å². The van der Waals surface area contributed by atoms with Crippen molar-refractivity contribution in [2.24, 2.45) is 15.9 Å². The smallest absolute Gasteiger partial charge is 0.180 e. The Balaban J connectivity index is 2.37. The zero-order valence-corrected chi connectivity index (χ0v) is 10.2. The summed E-state index contributed by atoms with van der Waals surface area (Å²) in [5, 5.41) is 8.32. The molecule has 0 spiro atoms. The molecule has 5 heteroatoms. The van der Waals surface area contributed by atoms with Gasteiger partial charge >= 0.3 is 0 Å². The van der Waals surface area contributed by atoms with Gasteiger partial charge in [-0.2, -0.15) is 5.10 Å². The maximum absolute atomic E-state index is 5.67. The first-order valence-corrected chi connectivity index (χ1v) is 6.21. The van der Waals surface area contributed by atoms with E-state index in [1.54, 1.807) is 18.6 Å². The monoisotopic (exact) mass is 236 g/mol. The molecule has 0 aromatic carbocycles. The van der Waals surface area contributed by atoms with Crippen molar-refractivity contribution in [1.29, 1.82) is 0 Å². The fourth-order valence-corrected chi connectivity index (χ4v) is 1.70. The number of nitrogens with two attached hydrogens (primary N) is 1. The highest BCUT2D eigenvalue weighted by Gasteiger charge is 1.91. The molecule has 2 N–H and O–H groups in total. The molecule has 0 unspecified atom stereocenters. The van der Waals surface area contributed by atoms with Crippen LogP contribution in [0, 0.1) is 0 Å². The summed E-state index contributed by atoms with van der Waals surface area (Å²) in [5.74, 6) is 0.997. The highest BCUT2D eigenvalue weighted by molar-refractivity contribution is 8.13. The second-order valence-electron chi connectivity index (χ2n) is 3.17. The average Bonchev–Trinajstić information content (AvgIpc) is 2.31. The molecule has 0 saturated heterocycles. The molecule has 0 fully saturated rings. The van der Waals surface area contributed by atoms with Crippen LogP contribution in [0.2, 0.25) is 0 Å². The lowest BCUT2D eigenvalue weighted by molar-refractivity contribution is 0.898. The second kappa shape index (κ2) is 7.87. The van der Waals surface area contributed by atoms with E-state index in [0.717, 1.165) is 17.7 Å². The van der Waals surface area contributed by atoms with Crippen molar-refractivity contribution in [3.05, 3.63) is 30.1 Å². The molecular formula is C11H16N4S. The fourth-order valence-electron chi connectivity index (χ4n) is 0.952. The first-order chi connectivity index (χ1) is 7.83. The lowest BCUT2D eigenvalue weighted by Gasteiger charge is -1.96. The van der Waals surface area contributed by atoms with E-state index in [1.165, 1.54) is 18.2 Å². The molecular weight excluding hydrogens is 220 g/mol. The molecule has 16 heavy (non-hydrogen) atoms. The first kappa shape index (κ1) is 12.7. The molecule has 0 amide bonds. The molecule has 1 aromatic heterocycles. The van der Waals surface area contributed by atoms with Crippen molar-refractivity contribution in [2.45, 2.75) is 19.8 Å². The van der Waals surface area contributed by atoms with Crippen LogP contribution in [0.5, 0.6) is 0 Å². The molecule has 0 aliphatic rings. The topological polar surface area (TPSA) is 63.6 Å². The first-order valence-electron chi connectivity index (χ1n) is 5.22. The van der Waals surface area contributed by atoms with Crippen LogP contribution < -0.4 is 5.73 Å². The number of thioether (sulfide) groups is 1. The van der Waals surface area contributed by atoms with Crippen molar-refractivity contribution in [3.63, 3.8) is 0 Å². The van der Waals surface area contributed by atoms with Crippen molar-refractivity contribution in [1.82, 2.24) is 4.98 Å². The van der Waals surface area contributed by atoms with Gasteiger partial charge in [0, 0.05) is 18.1 Å². The minimum Gasteiger partial charge on any atom is -0.377 e. The van der Waals surface area contributed by atoms with Crippen LogP contribution in [0.4, 0.5) is 0 Å². The summed E-state index contributed by atoms with van der Waals surface area (Å²) in [5.41, 5.74) is 6.63. The Morgan fingerprint density at radius 2 is 2.25 bits per heavy atom. The summed E-state index contributed by atoms with van der Waals surface area (Å²) in [6, 6.07) is 3.72. The number of amidine groups is 1. The third-order valence-electron chi connectivity index (χ3n) is 1.82. The Bertz CT molecular complexity index is 348.